The van der Waals surface area contributed by atoms with Crippen molar-refractivity contribution in [2.75, 3.05) is 6.54 Å². The monoisotopic (exact) mass is 542 g/mol. The molecule has 0 bridgehead atoms. The van der Waals surface area contributed by atoms with Gasteiger partial charge in [0.2, 0.25) is 6.54 Å². The number of ether oxygens (including phenoxy) is 1. The lowest BCUT2D eigenvalue weighted by Gasteiger charge is -2.18. The Bertz CT molecular complexity index is 1300. The van der Waals surface area contributed by atoms with E-state index in [2.05, 4.69) is 26.1 Å². The van der Waals surface area contributed by atoms with Crippen LogP contribution in [0.3, 0.4) is 0 Å². The smallest absolute Gasteiger partial charge is 0.220 e. The van der Waals surface area contributed by atoms with E-state index in [4.69, 9.17) is 4.74 Å². The van der Waals surface area contributed by atoms with Crippen LogP contribution in [-0.2, 0) is 6.61 Å². The molecule has 0 fully saturated rings. The summed E-state index contributed by atoms with van der Waals surface area (Å²) in [6, 6.07) is 21.1. The van der Waals surface area contributed by atoms with E-state index < -0.39 is 5.25 Å². The summed E-state index contributed by atoms with van der Waals surface area (Å²) in [5.74, 6) is 0.800. The first-order chi connectivity index (χ1) is 16.4. The van der Waals surface area contributed by atoms with Gasteiger partial charge in [-0.15, -0.1) is 10.2 Å². The number of hydrogen-bond donors (Lipinski definition) is 0. The third-order valence-corrected chi connectivity index (χ3v) is 6.63. The topological polar surface area (TPSA) is 83.1 Å². The molecule has 0 saturated heterocycles. The molecule has 4 rings (SSSR count). The Morgan fingerprint density at radius 3 is 2.65 bits per heavy atom. The van der Waals surface area contributed by atoms with Crippen molar-refractivity contribution in [3.05, 3.63) is 110 Å². The van der Waals surface area contributed by atoms with E-state index in [1.54, 1.807) is 30.3 Å². The van der Waals surface area contributed by atoms with Crippen LogP contribution in [0.2, 0.25) is 0 Å². The molecule has 0 radical (unpaired) electrons. The van der Waals surface area contributed by atoms with Gasteiger partial charge in [0.15, 0.2) is 5.16 Å². The first-order valence-corrected chi connectivity index (χ1v) is 12.0. The zero-order valence-electron chi connectivity index (χ0n) is 18.1. The molecule has 0 aliphatic heterocycles. The number of nitrogens with zero attached hydrogens (tertiary/aromatic N) is 4. The van der Waals surface area contributed by atoms with Gasteiger partial charge in [-0.25, -0.2) is 4.39 Å². The molecular formula is C24H20BrFN4O3S. The summed E-state index contributed by atoms with van der Waals surface area (Å²) in [5.41, 5.74) is 2.16. The summed E-state index contributed by atoms with van der Waals surface area (Å²) < 4.78 is 22.2. The number of aromatic nitrogens is 3. The summed E-state index contributed by atoms with van der Waals surface area (Å²) in [4.78, 5) is 11.2. The van der Waals surface area contributed by atoms with Crippen molar-refractivity contribution in [1.29, 1.82) is 0 Å². The summed E-state index contributed by atoms with van der Waals surface area (Å²) in [6.45, 7) is 1.61. The molecule has 0 saturated carbocycles. The van der Waals surface area contributed by atoms with Gasteiger partial charge in [-0.05, 0) is 55.0 Å². The van der Waals surface area contributed by atoms with Crippen LogP contribution in [0, 0.1) is 22.9 Å². The van der Waals surface area contributed by atoms with E-state index in [1.807, 2.05) is 41.8 Å². The lowest BCUT2D eigenvalue weighted by Crippen LogP contribution is -2.12. The van der Waals surface area contributed by atoms with Crippen LogP contribution in [0.1, 0.15) is 22.2 Å². The van der Waals surface area contributed by atoms with E-state index in [-0.39, 0.29) is 23.9 Å². The average Bonchev–Trinajstić information content (AvgIpc) is 3.18. The normalized spacial score (nSPS) is 11.9. The van der Waals surface area contributed by atoms with Gasteiger partial charge in [0.25, 0.3) is 0 Å². The van der Waals surface area contributed by atoms with Crippen molar-refractivity contribution in [2.45, 2.75) is 23.9 Å². The van der Waals surface area contributed by atoms with Crippen LogP contribution in [-0.4, -0.2) is 26.2 Å². The molecule has 34 heavy (non-hydrogen) atoms. The minimum absolute atomic E-state index is 0.127. The Morgan fingerprint density at radius 1 is 1.12 bits per heavy atom. The van der Waals surface area contributed by atoms with Crippen molar-refractivity contribution in [3.63, 3.8) is 0 Å². The third kappa shape index (κ3) is 5.81. The fourth-order valence-electron chi connectivity index (χ4n) is 3.45. The Hall–Kier alpha value is -3.24. The second-order valence-corrected chi connectivity index (χ2v) is 9.51. The quantitative estimate of drug-likeness (QED) is 0.143. The highest BCUT2D eigenvalue weighted by atomic mass is 79.9. The van der Waals surface area contributed by atoms with Gasteiger partial charge in [-0.3, -0.25) is 14.7 Å². The van der Waals surface area contributed by atoms with E-state index >= 15 is 0 Å². The standard InChI is InChI=1S/C24H20BrFN4O3S/c1-16-27-28-24(30(16)20-8-3-2-4-9-20)34-23(14-29(31)32)21-13-18(25)10-11-22(21)33-15-17-6-5-7-19(26)12-17/h2-13,23H,14-15H2,1H3/t23-/m1/s1. The fraction of sp³-hybridized carbons (Fsp3) is 0.167. The number of benzene rings is 3. The third-order valence-electron chi connectivity index (χ3n) is 4.97. The van der Waals surface area contributed by atoms with Crippen LogP contribution in [0.5, 0.6) is 5.75 Å². The molecule has 10 heteroatoms. The summed E-state index contributed by atoms with van der Waals surface area (Å²) in [6.07, 6.45) is 0. The molecule has 174 valence electrons. The van der Waals surface area contributed by atoms with E-state index in [0.29, 0.717) is 27.9 Å². The maximum absolute atomic E-state index is 13.6. The van der Waals surface area contributed by atoms with Gasteiger partial charge in [-0.1, -0.05) is 58.0 Å². The van der Waals surface area contributed by atoms with E-state index in [0.717, 1.165) is 10.2 Å². The van der Waals surface area contributed by atoms with Crippen LogP contribution in [0.25, 0.3) is 5.69 Å². The lowest BCUT2D eigenvalue weighted by molar-refractivity contribution is -0.479. The minimum atomic E-state index is -0.610. The van der Waals surface area contributed by atoms with Crippen molar-refractivity contribution < 1.29 is 14.1 Å². The number of thioether (sulfide) groups is 1. The lowest BCUT2D eigenvalue weighted by atomic mass is 10.1. The Kier molecular flexibility index (Phi) is 7.59. The van der Waals surface area contributed by atoms with E-state index in [9.17, 15) is 14.5 Å². The number of rotatable bonds is 9. The summed E-state index contributed by atoms with van der Waals surface area (Å²) >= 11 is 4.71. The predicted molar refractivity (Wildman–Crippen MR) is 131 cm³/mol. The largest absolute Gasteiger partial charge is 0.489 e. The van der Waals surface area contributed by atoms with Gasteiger partial charge in [0, 0.05) is 20.6 Å². The number of hydrogen-bond acceptors (Lipinski definition) is 6. The molecule has 1 atom stereocenters. The number of para-hydroxylation sites is 1. The molecule has 3 aromatic carbocycles. The molecule has 1 heterocycles. The summed E-state index contributed by atoms with van der Waals surface area (Å²) in [5, 5.41) is 20.0. The van der Waals surface area contributed by atoms with Crippen molar-refractivity contribution in [2.24, 2.45) is 0 Å². The number of aryl methyl sites for hydroxylation is 1. The number of halogens is 2. The van der Waals surface area contributed by atoms with Crippen LogP contribution in [0.4, 0.5) is 4.39 Å². The Morgan fingerprint density at radius 2 is 1.91 bits per heavy atom. The Balaban J connectivity index is 1.67. The molecule has 0 aliphatic carbocycles. The SMILES string of the molecule is Cc1nnc(S[C@H](C[N+](=O)[O-])c2cc(Br)ccc2OCc2cccc(F)c2)n1-c1ccccc1. The Labute approximate surface area is 208 Å². The summed E-state index contributed by atoms with van der Waals surface area (Å²) in [7, 11) is 0. The van der Waals surface area contributed by atoms with Gasteiger partial charge in [-0.2, -0.15) is 0 Å². The number of nitro groups is 1. The molecule has 0 aliphatic rings. The first-order valence-electron chi connectivity index (χ1n) is 10.3. The minimum Gasteiger partial charge on any atom is -0.489 e. The van der Waals surface area contributed by atoms with Gasteiger partial charge < -0.3 is 4.74 Å². The van der Waals surface area contributed by atoms with Gasteiger partial charge in [0.05, 0.1) is 0 Å². The van der Waals surface area contributed by atoms with Crippen LogP contribution >= 0.6 is 27.7 Å². The van der Waals surface area contributed by atoms with Gasteiger partial charge in [0.1, 0.15) is 29.2 Å². The first kappa shape index (κ1) is 23.9. The molecule has 7 nitrogen and oxygen atoms in total. The average molecular weight is 543 g/mol. The molecule has 0 N–H and O–H groups in total. The predicted octanol–water partition coefficient (Wildman–Crippen LogP) is 6.17. The maximum atomic E-state index is 13.6. The van der Waals surface area contributed by atoms with Crippen molar-refractivity contribution in [3.8, 4) is 11.4 Å². The second-order valence-electron chi connectivity index (χ2n) is 7.42. The zero-order valence-corrected chi connectivity index (χ0v) is 20.5. The molecule has 0 spiro atoms. The van der Waals surface area contributed by atoms with Crippen molar-refractivity contribution in [1.82, 2.24) is 14.8 Å². The molecular weight excluding hydrogens is 523 g/mol. The molecule has 0 amide bonds. The highest BCUT2D eigenvalue weighted by molar-refractivity contribution is 9.10. The molecule has 4 aromatic rings. The molecule has 0 unspecified atom stereocenters. The van der Waals surface area contributed by atoms with Crippen LogP contribution < -0.4 is 4.74 Å². The highest BCUT2D eigenvalue weighted by Crippen LogP contribution is 2.41. The van der Waals surface area contributed by atoms with Crippen molar-refractivity contribution >= 4 is 27.7 Å². The van der Waals surface area contributed by atoms with Crippen LogP contribution in [0.15, 0.2) is 82.4 Å². The maximum Gasteiger partial charge on any atom is 0.220 e. The zero-order chi connectivity index (χ0) is 24.1. The van der Waals surface area contributed by atoms with Gasteiger partial charge >= 0.3 is 0 Å². The molecule has 1 aromatic heterocycles. The second kappa shape index (κ2) is 10.8. The highest BCUT2D eigenvalue weighted by Gasteiger charge is 2.27. The van der Waals surface area contributed by atoms with E-state index in [1.165, 1.54) is 23.9 Å². The fourth-order valence-corrected chi connectivity index (χ4v) is 5.02.